The van der Waals surface area contributed by atoms with E-state index in [1.807, 2.05) is 6.92 Å². The molecular weight excluding hydrogens is 218 g/mol. The quantitative estimate of drug-likeness (QED) is 0.752. The minimum atomic E-state index is -0.365. The first-order valence-electron chi connectivity index (χ1n) is 5.89. The lowest BCUT2D eigenvalue weighted by atomic mass is 10.0. The molecule has 2 rings (SSSR count). The number of nitrogens with zero attached hydrogens (tertiary/aromatic N) is 2. The second-order valence-electron chi connectivity index (χ2n) is 4.63. The van der Waals surface area contributed by atoms with Crippen LogP contribution in [0.5, 0.6) is 0 Å². The molecule has 1 amide bonds. The van der Waals surface area contributed by atoms with E-state index in [2.05, 4.69) is 33.8 Å². The lowest BCUT2D eigenvalue weighted by molar-refractivity contribution is 0.167. The minimum absolute atomic E-state index is 0.114. The van der Waals surface area contributed by atoms with Gasteiger partial charge < -0.3 is 15.0 Å². The van der Waals surface area contributed by atoms with Gasteiger partial charge in [-0.25, -0.2) is 4.79 Å². The standard InChI is InChI=1S/C12H19N3O2/c1-7-8(2)13-9(3)15-6-10(5-11(7)15)14-12(16)17-4/h8,10H,5-6H2,1-4H3,(H,14,16)/t8-,10-/m0/s1. The molecule has 0 saturated carbocycles. The van der Waals surface area contributed by atoms with Crippen LogP contribution >= 0.6 is 0 Å². The summed E-state index contributed by atoms with van der Waals surface area (Å²) in [6, 6.07) is 0.362. The zero-order valence-corrected chi connectivity index (χ0v) is 10.8. The van der Waals surface area contributed by atoms with Crippen molar-refractivity contribution in [1.29, 1.82) is 0 Å². The van der Waals surface area contributed by atoms with Crippen LogP contribution in [0.3, 0.4) is 0 Å². The smallest absolute Gasteiger partial charge is 0.407 e. The molecule has 2 aliphatic heterocycles. The van der Waals surface area contributed by atoms with Crippen LogP contribution in [0.2, 0.25) is 0 Å². The lowest BCUT2D eigenvalue weighted by Crippen LogP contribution is -2.38. The Labute approximate surface area is 102 Å². The van der Waals surface area contributed by atoms with Crippen LogP contribution in [0.4, 0.5) is 4.79 Å². The Morgan fingerprint density at radius 1 is 1.53 bits per heavy atom. The number of nitrogens with one attached hydrogen (secondary N) is 1. The summed E-state index contributed by atoms with van der Waals surface area (Å²) < 4.78 is 4.63. The summed E-state index contributed by atoms with van der Waals surface area (Å²) in [5.74, 6) is 1.03. The van der Waals surface area contributed by atoms with Crippen molar-refractivity contribution in [1.82, 2.24) is 10.2 Å². The lowest BCUT2D eigenvalue weighted by Gasteiger charge is -2.28. The molecule has 2 aliphatic rings. The van der Waals surface area contributed by atoms with E-state index in [0.29, 0.717) is 0 Å². The molecule has 0 aromatic rings. The number of hydrogen-bond acceptors (Lipinski definition) is 4. The SMILES string of the molecule is COC(=O)N[C@H]1CC2=C(C)[C@H](C)N=C(C)N2C1. The minimum Gasteiger partial charge on any atom is -0.453 e. The van der Waals surface area contributed by atoms with Crippen LogP contribution in [-0.2, 0) is 4.74 Å². The van der Waals surface area contributed by atoms with Crippen LogP contribution in [0.1, 0.15) is 27.2 Å². The molecule has 0 aliphatic carbocycles. The van der Waals surface area contributed by atoms with Crippen molar-refractivity contribution in [2.24, 2.45) is 4.99 Å². The fraction of sp³-hybridized carbons (Fsp3) is 0.667. The predicted molar refractivity (Wildman–Crippen MR) is 65.9 cm³/mol. The summed E-state index contributed by atoms with van der Waals surface area (Å²) in [5, 5.41) is 2.85. The topological polar surface area (TPSA) is 53.9 Å². The number of aliphatic imine (C=N–C) groups is 1. The Kier molecular flexibility index (Phi) is 3.09. The average molecular weight is 237 g/mol. The molecule has 0 aromatic heterocycles. The van der Waals surface area contributed by atoms with E-state index in [1.165, 1.54) is 18.4 Å². The van der Waals surface area contributed by atoms with Gasteiger partial charge in [-0.2, -0.15) is 0 Å². The number of rotatable bonds is 1. The number of alkyl carbamates (subject to hydrolysis) is 1. The van der Waals surface area contributed by atoms with Gasteiger partial charge >= 0.3 is 6.09 Å². The van der Waals surface area contributed by atoms with Gasteiger partial charge in [-0.15, -0.1) is 0 Å². The van der Waals surface area contributed by atoms with Gasteiger partial charge in [-0.05, 0) is 26.3 Å². The molecule has 0 aromatic carbocycles. The number of methoxy groups -OCH3 is 1. The highest BCUT2D eigenvalue weighted by molar-refractivity contribution is 5.84. The Bertz CT molecular complexity index is 401. The second kappa shape index (κ2) is 4.39. The van der Waals surface area contributed by atoms with Crippen LogP contribution < -0.4 is 5.32 Å². The average Bonchev–Trinajstić information content (AvgIpc) is 2.70. The van der Waals surface area contributed by atoms with Gasteiger partial charge in [0.05, 0.1) is 19.2 Å². The van der Waals surface area contributed by atoms with Gasteiger partial charge in [0.2, 0.25) is 0 Å². The van der Waals surface area contributed by atoms with Crippen molar-refractivity contribution in [3.63, 3.8) is 0 Å². The summed E-state index contributed by atoms with van der Waals surface area (Å²) in [5.41, 5.74) is 2.59. The van der Waals surface area contributed by atoms with E-state index in [9.17, 15) is 4.79 Å². The number of fused-ring (bicyclic) bond motifs is 1. The van der Waals surface area contributed by atoms with Gasteiger partial charge in [0.15, 0.2) is 0 Å². The molecule has 17 heavy (non-hydrogen) atoms. The normalized spacial score (nSPS) is 27.8. The maximum Gasteiger partial charge on any atom is 0.407 e. The van der Waals surface area contributed by atoms with E-state index in [1.54, 1.807) is 0 Å². The highest BCUT2D eigenvalue weighted by atomic mass is 16.5. The first-order valence-corrected chi connectivity index (χ1v) is 5.89. The number of hydrogen-bond donors (Lipinski definition) is 1. The van der Waals surface area contributed by atoms with Crippen molar-refractivity contribution in [3.8, 4) is 0 Å². The fourth-order valence-electron chi connectivity index (χ4n) is 2.45. The van der Waals surface area contributed by atoms with Crippen molar-refractivity contribution < 1.29 is 9.53 Å². The Morgan fingerprint density at radius 2 is 2.24 bits per heavy atom. The zero-order chi connectivity index (χ0) is 12.6. The summed E-state index contributed by atoms with van der Waals surface area (Å²) in [6.45, 7) is 7.01. The molecular formula is C12H19N3O2. The monoisotopic (exact) mass is 237 g/mol. The van der Waals surface area contributed by atoms with Crippen molar-refractivity contribution >= 4 is 11.9 Å². The summed E-state index contributed by atoms with van der Waals surface area (Å²) in [4.78, 5) is 18.0. The van der Waals surface area contributed by atoms with E-state index in [4.69, 9.17) is 0 Å². The van der Waals surface area contributed by atoms with E-state index in [0.717, 1.165) is 18.8 Å². The molecule has 0 spiro atoms. The molecule has 0 bridgehead atoms. The summed E-state index contributed by atoms with van der Waals surface area (Å²) in [6.07, 6.45) is 0.494. The van der Waals surface area contributed by atoms with Gasteiger partial charge in [0.25, 0.3) is 0 Å². The third-order valence-corrected chi connectivity index (χ3v) is 3.53. The van der Waals surface area contributed by atoms with E-state index in [-0.39, 0.29) is 18.2 Å². The van der Waals surface area contributed by atoms with E-state index >= 15 is 0 Å². The molecule has 5 nitrogen and oxygen atoms in total. The molecule has 5 heteroatoms. The predicted octanol–water partition coefficient (Wildman–Crippen LogP) is 1.51. The van der Waals surface area contributed by atoms with Crippen LogP contribution in [0.15, 0.2) is 16.3 Å². The van der Waals surface area contributed by atoms with Gasteiger partial charge in [-0.3, -0.25) is 4.99 Å². The number of carbonyl (C=O) groups excluding carboxylic acids is 1. The molecule has 2 heterocycles. The number of amides is 1. The molecule has 1 N–H and O–H groups in total. The first kappa shape index (κ1) is 12.0. The Balaban J connectivity index is 2.13. The Hall–Kier alpha value is -1.52. The maximum absolute atomic E-state index is 11.2. The van der Waals surface area contributed by atoms with Gasteiger partial charge in [0, 0.05) is 18.7 Å². The van der Waals surface area contributed by atoms with Crippen molar-refractivity contribution in [3.05, 3.63) is 11.3 Å². The molecule has 1 fully saturated rings. The van der Waals surface area contributed by atoms with Crippen LogP contribution in [-0.4, -0.2) is 42.6 Å². The number of carbonyl (C=O) groups is 1. The molecule has 1 saturated heterocycles. The molecule has 2 atom stereocenters. The van der Waals surface area contributed by atoms with Gasteiger partial charge in [-0.1, -0.05) is 0 Å². The first-order chi connectivity index (χ1) is 8.02. The van der Waals surface area contributed by atoms with Gasteiger partial charge in [0.1, 0.15) is 5.84 Å². The van der Waals surface area contributed by atoms with Crippen LogP contribution in [0.25, 0.3) is 0 Å². The van der Waals surface area contributed by atoms with Crippen molar-refractivity contribution in [2.75, 3.05) is 13.7 Å². The Morgan fingerprint density at radius 3 is 2.88 bits per heavy atom. The highest BCUT2D eigenvalue weighted by Crippen LogP contribution is 2.30. The summed E-state index contributed by atoms with van der Waals surface area (Å²) in [7, 11) is 1.39. The molecule has 94 valence electrons. The van der Waals surface area contributed by atoms with Crippen LogP contribution in [0, 0.1) is 0 Å². The zero-order valence-electron chi connectivity index (χ0n) is 10.8. The molecule has 0 unspecified atom stereocenters. The number of ether oxygens (including phenoxy) is 1. The van der Waals surface area contributed by atoms with Crippen molar-refractivity contribution in [2.45, 2.75) is 39.3 Å². The third kappa shape index (κ3) is 2.14. The largest absolute Gasteiger partial charge is 0.453 e. The maximum atomic E-state index is 11.2. The molecule has 0 radical (unpaired) electrons. The second-order valence-corrected chi connectivity index (χ2v) is 4.63. The highest BCUT2D eigenvalue weighted by Gasteiger charge is 2.33. The summed E-state index contributed by atoms with van der Waals surface area (Å²) >= 11 is 0. The van der Waals surface area contributed by atoms with E-state index < -0.39 is 0 Å². The number of amidine groups is 1. The third-order valence-electron chi connectivity index (χ3n) is 3.53. The fourth-order valence-corrected chi connectivity index (χ4v) is 2.45.